The van der Waals surface area contributed by atoms with E-state index in [9.17, 15) is 4.79 Å². The predicted molar refractivity (Wildman–Crippen MR) is 71.8 cm³/mol. The number of piperidine rings is 2. The lowest BCUT2D eigenvalue weighted by atomic mass is 9.71. The minimum atomic E-state index is 0.111. The number of rotatable bonds is 1. The number of hydrogen-bond donors (Lipinski definition) is 1. The van der Waals surface area contributed by atoms with Crippen molar-refractivity contribution in [1.82, 2.24) is 15.2 Å². The SMILES string of the molecule is O=C(c1cscn1)N1CCC2(CCNCC2)CC1. The van der Waals surface area contributed by atoms with Gasteiger partial charge in [-0.3, -0.25) is 4.79 Å². The second kappa shape index (κ2) is 4.97. The maximum atomic E-state index is 12.2. The fourth-order valence-corrected chi connectivity index (χ4v) is 3.65. The highest BCUT2D eigenvalue weighted by Gasteiger charge is 2.36. The van der Waals surface area contributed by atoms with Crippen LogP contribution in [0, 0.1) is 5.41 Å². The van der Waals surface area contributed by atoms with E-state index in [1.54, 1.807) is 5.51 Å². The molecule has 0 saturated carbocycles. The van der Waals surface area contributed by atoms with Crippen LogP contribution in [0.5, 0.6) is 0 Å². The Balaban J connectivity index is 1.61. The summed E-state index contributed by atoms with van der Waals surface area (Å²) < 4.78 is 0. The Morgan fingerprint density at radius 3 is 2.61 bits per heavy atom. The van der Waals surface area contributed by atoms with Crippen molar-refractivity contribution in [3.8, 4) is 0 Å². The van der Waals surface area contributed by atoms with Crippen molar-refractivity contribution in [2.24, 2.45) is 5.41 Å². The molecule has 0 aromatic carbocycles. The van der Waals surface area contributed by atoms with Crippen LogP contribution in [0.25, 0.3) is 0 Å². The summed E-state index contributed by atoms with van der Waals surface area (Å²) in [6.45, 7) is 4.08. The second-order valence-corrected chi connectivity index (χ2v) is 6.13. The van der Waals surface area contributed by atoms with Gasteiger partial charge >= 0.3 is 0 Å². The molecule has 0 aliphatic carbocycles. The van der Waals surface area contributed by atoms with E-state index in [1.165, 1.54) is 24.2 Å². The highest BCUT2D eigenvalue weighted by molar-refractivity contribution is 7.07. The van der Waals surface area contributed by atoms with E-state index in [4.69, 9.17) is 0 Å². The van der Waals surface area contributed by atoms with Crippen molar-refractivity contribution in [3.05, 3.63) is 16.6 Å². The molecule has 0 radical (unpaired) electrons. The summed E-state index contributed by atoms with van der Waals surface area (Å²) in [5, 5.41) is 5.27. The van der Waals surface area contributed by atoms with Crippen molar-refractivity contribution in [2.75, 3.05) is 26.2 Å². The van der Waals surface area contributed by atoms with Crippen molar-refractivity contribution in [1.29, 1.82) is 0 Å². The molecular formula is C13H19N3OS. The van der Waals surface area contributed by atoms with Gasteiger partial charge in [0, 0.05) is 18.5 Å². The largest absolute Gasteiger partial charge is 0.337 e. The summed E-state index contributed by atoms with van der Waals surface area (Å²) >= 11 is 1.49. The van der Waals surface area contributed by atoms with Crippen LogP contribution in [0.3, 0.4) is 0 Å². The molecule has 1 amide bonds. The Kier molecular flexibility index (Phi) is 3.35. The minimum Gasteiger partial charge on any atom is -0.337 e. The number of hydrogen-bond acceptors (Lipinski definition) is 4. The van der Waals surface area contributed by atoms with E-state index < -0.39 is 0 Å². The molecule has 2 fully saturated rings. The van der Waals surface area contributed by atoms with E-state index in [0.29, 0.717) is 11.1 Å². The van der Waals surface area contributed by atoms with Crippen LogP contribution in [0.4, 0.5) is 0 Å². The van der Waals surface area contributed by atoms with Gasteiger partial charge < -0.3 is 10.2 Å². The molecule has 1 aromatic heterocycles. The lowest BCUT2D eigenvalue weighted by molar-refractivity contribution is 0.0491. The number of aromatic nitrogens is 1. The van der Waals surface area contributed by atoms with E-state index in [2.05, 4.69) is 10.3 Å². The summed E-state index contributed by atoms with van der Waals surface area (Å²) in [5.74, 6) is 0.111. The number of nitrogens with zero attached hydrogens (tertiary/aromatic N) is 2. The van der Waals surface area contributed by atoms with Crippen molar-refractivity contribution in [2.45, 2.75) is 25.7 Å². The van der Waals surface area contributed by atoms with Gasteiger partial charge in [0.2, 0.25) is 0 Å². The van der Waals surface area contributed by atoms with Gasteiger partial charge in [0.1, 0.15) is 5.69 Å². The molecule has 1 aromatic rings. The van der Waals surface area contributed by atoms with Gasteiger partial charge in [0.25, 0.3) is 5.91 Å². The number of amides is 1. The van der Waals surface area contributed by atoms with Gasteiger partial charge in [0.15, 0.2) is 0 Å². The Bertz CT molecular complexity index is 402. The summed E-state index contributed by atoms with van der Waals surface area (Å²) in [4.78, 5) is 18.3. The Hall–Kier alpha value is -0.940. The van der Waals surface area contributed by atoms with Crippen LogP contribution < -0.4 is 5.32 Å². The molecule has 2 aliphatic rings. The fourth-order valence-electron chi connectivity index (χ4n) is 3.12. The Labute approximate surface area is 111 Å². The Morgan fingerprint density at radius 1 is 1.28 bits per heavy atom. The molecule has 18 heavy (non-hydrogen) atoms. The number of nitrogens with one attached hydrogen (secondary N) is 1. The van der Waals surface area contributed by atoms with Crippen LogP contribution in [-0.2, 0) is 0 Å². The van der Waals surface area contributed by atoms with Crippen LogP contribution >= 0.6 is 11.3 Å². The quantitative estimate of drug-likeness (QED) is 0.841. The minimum absolute atomic E-state index is 0.111. The topological polar surface area (TPSA) is 45.2 Å². The van der Waals surface area contributed by atoms with Gasteiger partial charge in [-0.05, 0) is 44.2 Å². The normalized spacial score (nSPS) is 23.2. The molecule has 2 saturated heterocycles. The van der Waals surface area contributed by atoms with Gasteiger partial charge in [-0.25, -0.2) is 4.98 Å². The predicted octanol–water partition coefficient (Wildman–Crippen LogP) is 1.75. The maximum absolute atomic E-state index is 12.2. The van der Waals surface area contributed by atoms with Crippen molar-refractivity contribution in [3.63, 3.8) is 0 Å². The van der Waals surface area contributed by atoms with E-state index in [-0.39, 0.29) is 5.91 Å². The first-order valence-electron chi connectivity index (χ1n) is 6.67. The number of carbonyl (C=O) groups excluding carboxylic acids is 1. The number of carbonyl (C=O) groups is 1. The second-order valence-electron chi connectivity index (χ2n) is 5.42. The molecule has 4 nitrogen and oxygen atoms in total. The molecular weight excluding hydrogens is 246 g/mol. The molecule has 0 unspecified atom stereocenters. The number of thiazole rings is 1. The first-order chi connectivity index (χ1) is 8.79. The van der Waals surface area contributed by atoms with Gasteiger partial charge in [-0.2, -0.15) is 0 Å². The average molecular weight is 265 g/mol. The average Bonchev–Trinajstić information content (AvgIpc) is 2.94. The molecule has 3 heterocycles. The van der Waals surface area contributed by atoms with E-state index in [0.717, 1.165) is 39.0 Å². The molecule has 0 atom stereocenters. The van der Waals surface area contributed by atoms with Gasteiger partial charge in [0.05, 0.1) is 5.51 Å². The molecule has 1 N–H and O–H groups in total. The monoisotopic (exact) mass is 265 g/mol. The highest BCUT2D eigenvalue weighted by Crippen LogP contribution is 2.39. The summed E-state index contributed by atoms with van der Waals surface area (Å²) in [7, 11) is 0. The van der Waals surface area contributed by atoms with Crippen LogP contribution in [0.2, 0.25) is 0 Å². The lowest BCUT2D eigenvalue weighted by Gasteiger charge is -2.44. The first-order valence-corrected chi connectivity index (χ1v) is 7.62. The molecule has 5 heteroatoms. The lowest BCUT2D eigenvalue weighted by Crippen LogP contribution is -2.47. The zero-order valence-electron chi connectivity index (χ0n) is 10.5. The molecule has 0 bridgehead atoms. The Morgan fingerprint density at radius 2 is 2.00 bits per heavy atom. The third-order valence-corrected chi connectivity index (χ3v) is 5.01. The highest BCUT2D eigenvalue weighted by atomic mass is 32.1. The van der Waals surface area contributed by atoms with Gasteiger partial charge in [-0.15, -0.1) is 11.3 Å². The third-order valence-electron chi connectivity index (χ3n) is 4.43. The number of likely N-dealkylation sites (tertiary alicyclic amines) is 1. The van der Waals surface area contributed by atoms with E-state index >= 15 is 0 Å². The molecule has 2 aliphatic heterocycles. The summed E-state index contributed by atoms with van der Waals surface area (Å²) in [5.41, 5.74) is 2.84. The van der Waals surface area contributed by atoms with Gasteiger partial charge in [-0.1, -0.05) is 0 Å². The van der Waals surface area contributed by atoms with Crippen molar-refractivity contribution >= 4 is 17.2 Å². The molecule has 98 valence electrons. The fraction of sp³-hybridized carbons (Fsp3) is 0.692. The first kappa shape index (κ1) is 12.1. The maximum Gasteiger partial charge on any atom is 0.273 e. The zero-order valence-corrected chi connectivity index (χ0v) is 11.3. The summed E-state index contributed by atoms with van der Waals surface area (Å²) in [6.07, 6.45) is 4.85. The third kappa shape index (κ3) is 2.29. The van der Waals surface area contributed by atoms with Crippen LogP contribution in [0.15, 0.2) is 10.9 Å². The zero-order chi connectivity index (χ0) is 12.4. The van der Waals surface area contributed by atoms with Crippen LogP contribution in [0.1, 0.15) is 36.2 Å². The molecule has 1 spiro atoms. The molecule has 3 rings (SSSR count). The van der Waals surface area contributed by atoms with E-state index in [1.807, 2.05) is 10.3 Å². The standard InChI is InChI=1S/C13H19N3OS/c17-12(11-9-18-10-15-11)16-7-3-13(4-8-16)1-5-14-6-2-13/h9-10,14H,1-8H2. The van der Waals surface area contributed by atoms with Crippen LogP contribution in [-0.4, -0.2) is 42.0 Å². The van der Waals surface area contributed by atoms with Crippen molar-refractivity contribution < 1.29 is 4.79 Å². The summed E-state index contributed by atoms with van der Waals surface area (Å²) in [6, 6.07) is 0. The smallest absolute Gasteiger partial charge is 0.273 e.